The quantitative estimate of drug-likeness (QED) is 0.838. The van der Waals surface area contributed by atoms with Gasteiger partial charge in [-0.25, -0.2) is 4.39 Å². The van der Waals surface area contributed by atoms with E-state index in [2.05, 4.69) is 5.32 Å². The minimum Gasteiger partial charge on any atom is -0.481 e. The summed E-state index contributed by atoms with van der Waals surface area (Å²) in [4.78, 5) is 23.5. The zero-order valence-corrected chi connectivity index (χ0v) is 11.8. The molecule has 1 aromatic rings. The predicted octanol–water partition coefficient (Wildman–Crippen LogP) is 2.67. The van der Waals surface area contributed by atoms with Crippen molar-refractivity contribution < 1.29 is 19.1 Å². The summed E-state index contributed by atoms with van der Waals surface area (Å²) >= 11 is 0. The Balaban J connectivity index is 2.06. The molecule has 1 aliphatic carbocycles. The van der Waals surface area contributed by atoms with Crippen LogP contribution < -0.4 is 5.32 Å². The second-order valence-electron chi connectivity index (χ2n) is 5.28. The van der Waals surface area contributed by atoms with Crippen molar-refractivity contribution in [3.05, 3.63) is 47.8 Å². The third-order valence-electron chi connectivity index (χ3n) is 3.79. The second-order valence-corrected chi connectivity index (χ2v) is 5.28. The van der Waals surface area contributed by atoms with Gasteiger partial charge in [-0.1, -0.05) is 24.3 Å². The Morgan fingerprint density at radius 3 is 2.57 bits per heavy atom. The highest BCUT2D eigenvalue weighted by Crippen LogP contribution is 2.27. The summed E-state index contributed by atoms with van der Waals surface area (Å²) in [5.41, 5.74) is 0.654. The van der Waals surface area contributed by atoms with Crippen LogP contribution in [0.1, 0.15) is 31.4 Å². The van der Waals surface area contributed by atoms with Gasteiger partial charge in [0.2, 0.25) is 5.91 Å². The van der Waals surface area contributed by atoms with Crippen LogP contribution in [0.4, 0.5) is 4.39 Å². The average Bonchev–Trinajstić information content (AvgIpc) is 2.47. The van der Waals surface area contributed by atoms with Crippen LogP contribution in [0.25, 0.3) is 0 Å². The van der Waals surface area contributed by atoms with E-state index in [1.807, 2.05) is 6.08 Å². The zero-order valence-electron chi connectivity index (χ0n) is 11.8. The molecule has 5 heteroatoms. The van der Waals surface area contributed by atoms with Gasteiger partial charge < -0.3 is 10.4 Å². The number of hydrogen-bond donors (Lipinski definition) is 2. The molecule has 0 aromatic heterocycles. The number of carboxylic acids is 1. The molecular formula is C16H18FNO3. The van der Waals surface area contributed by atoms with E-state index in [0.717, 1.165) is 0 Å². The van der Waals surface area contributed by atoms with Gasteiger partial charge in [-0.15, -0.1) is 0 Å². The Morgan fingerprint density at radius 1 is 1.29 bits per heavy atom. The van der Waals surface area contributed by atoms with Gasteiger partial charge in [0.05, 0.1) is 17.9 Å². The molecule has 0 fully saturated rings. The fourth-order valence-electron chi connectivity index (χ4n) is 2.56. The van der Waals surface area contributed by atoms with E-state index in [0.29, 0.717) is 18.4 Å². The molecule has 21 heavy (non-hydrogen) atoms. The summed E-state index contributed by atoms with van der Waals surface area (Å²) in [5, 5.41) is 12.0. The maximum Gasteiger partial charge on any atom is 0.307 e. The van der Waals surface area contributed by atoms with Crippen molar-refractivity contribution in [3.63, 3.8) is 0 Å². The lowest BCUT2D eigenvalue weighted by Gasteiger charge is -2.26. The molecule has 3 atom stereocenters. The highest BCUT2D eigenvalue weighted by molar-refractivity contribution is 5.85. The minimum absolute atomic E-state index is 0.302. The number of carbonyl (C=O) groups excluding carboxylic acids is 1. The number of carbonyl (C=O) groups is 2. The van der Waals surface area contributed by atoms with Gasteiger partial charge in [0.15, 0.2) is 0 Å². The molecule has 1 amide bonds. The molecule has 2 rings (SSSR count). The number of halogens is 1. The van der Waals surface area contributed by atoms with Crippen LogP contribution >= 0.6 is 0 Å². The Labute approximate surface area is 122 Å². The largest absolute Gasteiger partial charge is 0.481 e. The molecule has 0 saturated carbocycles. The van der Waals surface area contributed by atoms with Crippen LogP contribution in [0, 0.1) is 17.7 Å². The molecule has 0 heterocycles. The summed E-state index contributed by atoms with van der Waals surface area (Å²) in [6.45, 7) is 1.75. The lowest BCUT2D eigenvalue weighted by atomic mass is 9.82. The van der Waals surface area contributed by atoms with Crippen LogP contribution in [-0.2, 0) is 9.59 Å². The molecule has 112 valence electrons. The second kappa shape index (κ2) is 6.52. The summed E-state index contributed by atoms with van der Waals surface area (Å²) in [6, 6.07) is 5.64. The molecule has 0 bridgehead atoms. The molecule has 0 saturated heterocycles. The lowest BCUT2D eigenvalue weighted by Crippen LogP contribution is -2.39. The van der Waals surface area contributed by atoms with Crippen molar-refractivity contribution in [1.29, 1.82) is 0 Å². The van der Waals surface area contributed by atoms with Gasteiger partial charge in [-0.3, -0.25) is 9.59 Å². The molecule has 1 aromatic carbocycles. The third-order valence-corrected chi connectivity index (χ3v) is 3.79. The Kier molecular flexibility index (Phi) is 4.73. The van der Waals surface area contributed by atoms with E-state index in [-0.39, 0.29) is 17.8 Å². The number of rotatable bonds is 4. The van der Waals surface area contributed by atoms with Crippen LogP contribution in [-0.4, -0.2) is 17.0 Å². The summed E-state index contributed by atoms with van der Waals surface area (Å²) in [6.07, 6.45) is 4.40. The molecule has 0 radical (unpaired) electrons. The van der Waals surface area contributed by atoms with Crippen molar-refractivity contribution in [3.8, 4) is 0 Å². The Morgan fingerprint density at radius 2 is 1.95 bits per heavy atom. The first-order chi connectivity index (χ1) is 9.99. The summed E-state index contributed by atoms with van der Waals surface area (Å²) in [7, 11) is 0. The van der Waals surface area contributed by atoms with Gasteiger partial charge in [0.1, 0.15) is 5.82 Å². The maximum absolute atomic E-state index is 13.2. The molecule has 2 N–H and O–H groups in total. The predicted molar refractivity (Wildman–Crippen MR) is 75.9 cm³/mol. The standard InChI is InChI=1S/C16H18FNO3/c1-10(11-5-4-6-12(17)9-11)18-15(19)13-7-2-3-8-14(13)16(20)21/h2-6,9-10,13-14H,7-8H2,1H3,(H,18,19)(H,20,21)/t10?,13-,14+/m1/s1. The maximum atomic E-state index is 13.2. The Hall–Kier alpha value is -2.17. The van der Waals surface area contributed by atoms with Gasteiger partial charge in [0.25, 0.3) is 0 Å². The van der Waals surface area contributed by atoms with E-state index in [1.54, 1.807) is 25.1 Å². The van der Waals surface area contributed by atoms with E-state index >= 15 is 0 Å². The van der Waals surface area contributed by atoms with E-state index in [1.165, 1.54) is 12.1 Å². The lowest BCUT2D eigenvalue weighted by molar-refractivity contribution is -0.147. The fourth-order valence-corrected chi connectivity index (χ4v) is 2.56. The summed E-state index contributed by atoms with van der Waals surface area (Å²) < 4.78 is 13.2. The van der Waals surface area contributed by atoms with Gasteiger partial charge in [-0.05, 0) is 37.5 Å². The van der Waals surface area contributed by atoms with Crippen LogP contribution in [0.15, 0.2) is 36.4 Å². The minimum atomic E-state index is -0.960. The van der Waals surface area contributed by atoms with Crippen molar-refractivity contribution in [2.75, 3.05) is 0 Å². The highest BCUT2D eigenvalue weighted by atomic mass is 19.1. The van der Waals surface area contributed by atoms with Crippen LogP contribution in [0.2, 0.25) is 0 Å². The van der Waals surface area contributed by atoms with E-state index in [4.69, 9.17) is 0 Å². The number of aliphatic carboxylic acids is 1. The van der Waals surface area contributed by atoms with Crippen molar-refractivity contribution in [2.24, 2.45) is 11.8 Å². The van der Waals surface area contributed by atoms with Crippen LogP contribution in [0.3, 0.4) is 0 Å². The first kappa shape index (κ1) is 15.2. The number of carboxylic acid groups (broad SMARTS) is 1. The third kappa shape index (κ3) is 3.68. The fraction of sp³-hybridized carbons (Fsp3) is 0.375. The van der Waals surface area contributed by atoms with E-state index in [9.17, 15) is 19.1 Å². The van der Waals surface area contributed by atoms with Gasteiger partial charge in [0, 0.05) is 0 Å². The van der Waals surface area contributed by atoms with Crippen molar-refractivity contribution in [2.45, 2.75) is 25.8 Å². The topological polar surface area (TPSA) is 66.4 Å². The monoisotopic (exact) mass is 291 g/mol. The number of nitrogens with one attached hydrogen (secondary N) is 1. The first-order valence-corrected chi connectivity index (χ1v) is 6.92. The number of benzene rings is 1. The highest BCUT2D eigenvalue weighted by Gasteiger charge is 2.34. The SMILES string of the molecule is CC(NC(=O)[C@@H]1CC=CC[C@@H]1C(=O)O)c1cccc(F)c1. The number of amides is 1. The molecule has 0 spiro atoms. The first-order valence-electron chi connectivity index (χ1n) is 6.92. The molecule has 4 nitrogen and oxygen atoms in total. The smallest absolute Gasteiger partial charge is 0.307 e. The van der Waals surface area contributed by atoms with Crippen LogP contribution in [0.5, 0.6) is 0 Å². The molecule has 0 aliphatic heterocycles. The molecule has 1 aliphatic rings. The Bertz CT molecular complexity index is 570. The van der Waals surface area contributed by atoms with Gasteiger partial charge >= 0.3 is 5.97 Å². The van der Waals surface area contributed by atoms with Crippen molar-refractivity contribution >= 4 is 11.9 Å². The zero-order chi connectivity index (χ0) is 15.4. The summed E-state index contributed by atoms with van der Waals surface area (Å²) in [5.74, 6) is -2.91. The molecular weight excluding hydrogens is 273 g/mol. The van der Waals surface area contributed by atoms with E-state index < -0.39 is 17.8 Å². The normalized spacial score (nSPS) is 22.6. The van der Waals surface area contributed by atoms with Gasteiger partial charge in [-0.2, -0.15) is 0 Å². The average molecular weight is 291 g/mol. The van der Waals surface area contributed by atoms with Crippen molar-refractivity contribution in [1.82, 2.24) is 5.32 Å². The molecule has 1 unspecified atom stereocenters. The number of allylic oxidation sites excluding steroid dienone is 2. The number of hydrogen-bond acceptors (Lipinski definition) is 2.